The minimum absolute atomic E-state index is 0.000847. The second-order valence-electron chi connectivity index (χ2n) is 5.30. The van der Waals surface area contributed by atoms with E-state index in [0.29, 0.717) is 12.3 Å². The van der Waals surface area contributed by atoms with E-state index in [1.165, 1.54) is 0 Å². The maximum Gasteiger partial charge on any atom is 0.310 e. The summed E-state index contributed by atoms with van der Waals surface area (Å²) in [5, 5.41) is 3.00. The van der Waals surface area contributed by atoms with Crippen molar-refractivity contribution in [1.29, 1.82) is 0 Å². The molecule has 0 bridgehead atoms. The molecule has 3 rings (SSSR count). The number of para-hydroxylation sites is 1. The molecule has 0 amide bonds. The summed E-state index contributed by atoms with van der Waals surface area (Å²) < 4.78 is 29.2. The number of thiazole rings is 1. The predicted molar refractivity (Wildman–Crippen MR) is 91.6 cm³/mol. The van der Waals surface area contributed by atoms with Crippen molar-refractivity contribution in [3.8, 4) is 5.75 Å². The smallest absolute Gasteiger partial charge is 0.310 e. The molecule has 6 nitrogen and oxygen atoms in total. The van der Waals surface area contributed by atoms with Crippen LogP contribution in [-0.4, -0.2) is 56.8 Å². The van der Waals surface area contributed by atoms with Crippen LogP contribution in [0.15, 0.2) is 41.9 Å². The second kappa shape index (κ2) is 7.29. The number of rotatable bonds is 6. The van der Waals surface area contributed by atoms with Crippen molar-refractivity contribution in [3.63, 3.8) is 0 Å². The summed E-state index contributed by atoms with van der Waals surface area (Å²) in [5.74, 6) is 0.361. The van der Waals surface area contributed by atoms with Gasteiger partial charge in [0.25, 0.3) is 0 Å². The van der Waals surface area contributed by atoms with Gasteiger partial charge in [-0.2, -0.15) is 8.42 Å². The van der Waals surface area contributed by atoms with Crippen molar-refractivity contribution in [2.75, 3.05) is 43.4 Å². The maximum absolute atomic E-state index is 12.0. The molecule has 2 heterocycles. The molecule has 0 N–H and O–H groups in total. The van der Waals surface area contributed by atoms with E-state index in [4.69, 9.17) is 4.18 Å². The zero-order valence-electron chi connectivity index (χ0n) is 12.7. The average Bonchev–Trinajstić information content (AvgIpc) is 3.09. The third kappa shape index (κ3) is 4.66. The summed E-state index contributed by atoms with van der Waals surface area (Å²) >= 11 is 1.63. The van der Waals surface area contributed by atoms with Gasteiger partial charge >= 0.3 is 10.1 Å². The fourth-order valence-corrected chi connectivity index (χ4v) is 4.11. The van der Waals surface area contributed by atoms with Gasteiger partial charge in [-0.3, -0.25) is 4.90 Å². The topological polar surface area (TPSA) is 62.7 Å². The molecule has 0 spiro atoms. The number of aromatic nitrogens is 1. The van der Waals surface area contributed by atoms with Crippen LogP contribution in [0.5, 0.6) is 5.75 Å². The van der Waals surface area contributed by atoms with Crippen LogP contribution in [0.4, 0.5) is 5.13 Å². The van der Waals surface area contributed by atoms with Gasteiger partial charge in [-0.15, -0.1) is 11.3 Å². The van der Waals surface area contributed by atoms with Crippen LogP contribution in [0.1, 0.15) is 0 Å². The molecule has 1 aliphatic heterocycles. The van der Waals surface area contributed by atoms with Gasteiger partial charge in [-0.05, 0) is 12.1 Å². The molecular formula is C15H19N3O3S2. The van der Waals surface area contributed by atoms with Crippen molar-refractivity contribution in [2.45, 2.75) is 0 Å². The largest absolute Gasteiger partial charge is 0.382 e. The highest BCUT2D eigenvalue weighted by Gasteiger charge is 2.21. The normalized spacial score (nSPS) is 16.4. The van der Waals surface area contributed by atoms with Crippen LogP contribution in [-0.2, 0) is 10.1 Å². The van der Waals surface area contributed by atoms with Crippen molar-refractivity contribution in [3.05, 3.63) is 41.9 Å². The van der Waals surface area contributed by atoms with Gasteiger partial charge in [0.05, 0.1) is 5.75 Å². The molecule has 8 heteroatoms. The van der Waals surface area contributed by atoms with Crippen molar-refractivity contribution in [1.82, 2.24) is 9.88 Å². The Balaban J connectivity index is 1.46. The summed E-state index contributed by atoms with van der Waals surface area (Å²) in [5.41, 5.74) is 0. The minimum atomic E-state index is -3.56. The van der Waals surface area contributed by atoms with Crippen LogP contribution in [0.2, 0.25) is 0 Å². The third-order valence-electron chi connectivity index (χ3n) is 3.69. The Hall–Kier alpha value is -1.64. The van der Waals surface area contributed by atoms with Crippen LogP contribution >= 0.6 is 11.3 Å². The second-order valence-corrected chi connectivity index (χ2v) is 7.86. The Bertz CT molecular complexity index is 697. The number of hydrogen-bond donors (Lipinski definition) is 0. The van der Waals surface area contributed by atoms with Gasteiger partial charge in [0.2, 0.25) is 0 Å². The first-order valence-electron chi connectivity index (χ1n) is 7.46. The fourth-order valence-electron chi connectivity index (χ4n) is 2.44. The van der Waals surface area contributed by atoms with E-state index in [9.17, 15) is 8.42 Å². The molecule has 23 heavy (non-hydrogen) atoms. The van der Waals surface area contributed by atoms with Gasteiger partial charge in [-0.1, -0.05) is 18.2 Å². The van der Waals surface area contributed by atoms with E-state index in [1.54, 1.807) is 41.8 Å². The molecular weight excluding hydrogens is 334 g/mol. The Kier molecular flexibility index (Phi) is 5.14. The van der Waals surface area contributed by atoms with E-state index in [0.717, 1.165) is 31.3 Å². The molecule has 1 fully saturated rings. The van der Waals surface area contributed by atoms with Crippen molar-refractivity contribution >= 4 is 26.6 Å². The Morgan fingerprint density at radius 1 is 1.13 bits per heavy atom. The molecule has 0 saturated carbocycles. The maximum atomic E-state index is 12.0. The lowest BCUT2D eigenvalue weighted by Gasteiger charge is -2.34. The van der Waals surface area contributed by atoms with E-state index < -0.39 is 10.1 Å². The lowest BCUT2D eigenvalue weighted by Crippen LogP contribution is -2.47. The minimum Gasteiger partial charge on any atom is -0.382 e. The molecule has 1 aromatic heterocycles. The monoisotopic (exact) mass is 353 g/mol. The zero-order chi connectivity index (χ0) is 16.1. The van der Waals surface area contributed by atoms with E-state index >= 15 is 0 Å². The van der Waals surface area contributed by atoms with E-state index in [1.807, 2.05) is 11.4 Å². The van der Waals surface area contributed by atoms with Gasteiger partial charge < -0.3 is 9.08 Å². The lowest BCUT2D eigenvalue weighted by atomic mass is 10.3. The summed E-state index contributed by atoms with van der Waals surface area (Å²) in [6, 6.07) is 8.61. The van der Waals surface area contributed by atoms with E-state index in [2.05, 4.69) is 14.8 Å². The number of anilines is 1. The molecule has 1 aliphatic rings. The Labute approximate surface area is 140 Å². The molecule has 1 aromatic carbocycles. The van der Waals surface area contributed by atoms with Crippen LogP contribution < -0.4 is 9.08 Å². The van der Waals surface area contributed by atoms with Crippen LogP contribution in [0.3, 0.4) is 0 Å². The number of piperazine rings is 1. The number of nitrogens with zero attached hydrogens (tertiary/aromatic N) is 3. The van der Waals surface area contributed by atoms with Crippen LogP contribution in [0.25, 0.3) is 0 Å². The summed E-state index contributed by atoms with van der Waals surface area (Å²) in [6.45, 7) is 3.89. The first-order valence-corrected chi connectivity index (χ1v) is 9.92. The van der Waals surface area contributed by atoms with E-state index in [-0.39, 0.29) is 5.75 Å². The number of hydrogen-bond acceptors (Lipinski definition) is 7. The summed E-state index contributed by atoms with van der Waals surface area (Å²) in [4.78, 5) is 8.69. The standard InChI is InChI=1S/C15H19N3O3S2/c19-23(20,21-14-4-2-1-3-5-14)13-11-17-7-9-18(10-8-17)15-16-6-12-22-15/h1-6,12H,7-11,13H2. The Morgan fingerprint density at radius 2 is 1.87 bits per heavy atom. The third-order valence-corrected chi connectivity index (χ3v) is 5.65. The lowest BCUT2D eigenvalue weighted by molar-refractivity contribution is 0.270. The molecule has 0 radical (unpaired) electrons. The molecule has 124 valence electrons. The van der Waals surface area contributed by atoms with Gasteiger partial charge in [-0.25, -0.2) is 4.98 Å². The summed E-state index contributed by atoms with van der Waals surface area (Å²) in [7, 11) is -3.56. The number of benzene rings is 1. The van der Waals surface area contributed by atoms with Crippen molar-refractivity contribution in [2.24, 2.45) is 0 Å². The molecule has 1 saturated heterocycles. The first-order chi connectivity index (χ1) is 11.1. The molecule has 0 unspecified atom stereocenters. The molecule has 0 aliphatic carbocycles. The SMILES string of the molecule is O=S(=O)(CCN1CCN(c2nccs2)CC1)Oc1ccccc1. The van der Waals surface area contributed by atoms with Crippen molar-refractivity contribution < 1.29 is 12.6 Å². The van der Waals surface area contributed by atoms with Gasteiger partial charge in [0.1, 0.15) is 5.75 Å². The predicted octanol–water partition coefficient (Wildman–Crippen LogP) is 1.67. The highest BCUT2D eigenvalue weighted by molar-refractivity contribution is 7.87. The van der Waals surface area contributed by atoms with Crippen LogP contribution in [0, 0.1) is 0 Å². The molecule has 2 aromatic rings. The van der Waals surface area contributed by atoms with Gasteiger partial charge in [0.15, 0.2) is 5.13 Å². The van der Waals surface area contributed by atoms with Gasteiger partial charge in [0, 0.05) is 44.3 Å². The quantitative estimate of drug-likeness (QED) is 0.736. The first kappa shape index (κ1) is 16.2. The molecule has 0 atom stereocenters. The average molecular weight is 353 g/mol. The Morgan fingerprint density at radius 3 is 2.52 bits per heavy atom. The highest BCUT2D eigenvalue weighted by Crippen LogP contribution is 2.19. The highest BCUT2D eigenvalue weighted by atomic mass is 32.2. The fraction of sp³-hybridized carbons (Fsp3) is 0.400. The summed E-state index contributed by atoms with van der Waals surface area (Å²) in [6.07, 6.45) is 1.81. The zero-order valence-corrected chi connectivity index (χ0v) is 14.3.